The second kappa shape index (κ2) is 3.83. The van der Waals surface area contributed by atoms with Crippen molar-refractivity contribution in [3.8, 4) is 0 Å². The number of carbonyl (C=O) groups excluding carboxylic acids is 1. The molecule has 0 bridgehead atoms. The minimum atomic E-state index is -0.0353. The molecule has 64 valence electrons. The summed E-state index contributed by atoms with van der Waals surface area (Å²) in [7, 11) is 0. The van der Waals surface area contributed by atoms with Crippen molar-refractivity contribution in [2.24, 2.45) is 0 Å². The monoisotopic (exact) mass is 228 g/mol. The second-order valence-electron chi connectivity index (χ2n) is 2.42. The Morgan fingerprint density at radius 3 is 2.67 bits per heavy atom. The van der Waals surface area contributed by atoms with Gasteiger partial charge in [0, 0.05) is 15.6 Å². The van der Waals surface area contributed by atoms with Crippen LogP contribution in [0, 0.1) is 0 Å². The molecule has 1 heterocycles. The molecule has 0 aromatic rings. The summed E-state index contributed by atoms with van der Waals surface area (Å²) in [6.45, 7) is 7.83. The van der Waals surface area contributed by atoms with Gasteiger partial charge in [0.1, 0.15) is 6.61 Å². The van der Waals surface area contributed by atoms with Crippen molar-refractivity contribution in [1.29, 1.82) is 0 Å². The first-order chi connectivity index (χ1) is 5.66. The average molecular weight is 229 g/mol. The first-order valence-corrected chi connectivity index (χ1v) is 4.27. The highest BCUT2D eigenvalue weighted by Gasteiger charge is 2.19. The van der Waals surface area contributed by atoms with Crippen molar-refractivity contribution in [1.82, 2.24) is 0 Å². The van der Waals surface area contributed by atoms with Crippen molar-refractivity contribution in [3.05, 3.63) is 34.9 Å². The lowest BCUT2D eigenvalue weighted by molar-refractivity contribution is -0.120. The van der Waals surface area contributed by atoms with Gasteiger partial charge in [-0.1, -0.05) is 35.2 Å². The highest BCUT2D eigenvalue weighted by Crippen LogP contribution is 2.23. The highest BCUT2D eigenvalue weighted by molar-refractivity contribution is 9.11. The number of hydrogen-bond acceptors (Lipinski definition) is 2. The summed E-state index contributed by atoms with van der Waals surface area (Å²) >= 11 is 3.21. The lowest BCUT2D eigenvalue weighted by Gasteiger charge is -2.16. The van der Waals surface area contributed by atoms with Crippen LogP contribution in [0.3, 0.4) is 0 Å². The van der Waals surface area contributed by atoms with Gasteiger partial charge in [-0.15, -0.1) is 0 Å². The van der Waals surface area contributed by atoms with E-state index in [2.05, 4.69) is 29.1 Å². The number of rotatable bonds is 2. The molecule has 0 saturated carbocycles. The largest absolute Gasteiger partial charge is 0.369 e. The maximum Gasteiger partial charge on any atom is 0.188 e. The van der Waals surface area contributed by atoms with Gasteiger partial charge in [0.2, 0.25) is 0 Å². The Bertz CT molecular complexity index is 276. The van der Waals surface area contributed by atoms with Gasteiger partial charge in [-0.2, -0.15) is 0 Å². The Labute approximate surface area is 79.7 Å². The summed E-state index contributed by atoms with van der Waals surface area (Å²) in [5.74, 6) is -0.0353. The molecule has 2 nitrogen and oxygen atoms in total. The zero-order valence-corrected chi connectivity index (χ0v) is 8.19. The molecule has 0 spiro atoms. The first-order valence-electron chi connectivity index (χ1n) is 3.48. The summed E-state index contributed by atoms with van der Waals surface area (Å²) < 4.78 is 5.73. The number of ketones is 1. The first kappa shape index (κ1) is 9.42. The summed E-state index contributed by atoms with van der Waals surface area (Å²) in [6.07, 6.45) is 1.55. The van der Waals surface area contributed by atoms with Crippen LogP contribution in [0.1, 0.15) is 0 Å². The normalized spacial score (nSPS) is 17.9. The third kappa shape index (κ3) is 1.73. The minimum absolute atomic E-state index is 0.0353. The van der Waals surface area contributed by atoms with Gasteiger partial charge in [-0.3, -0.25) is 4.79 Å². The van der Waals surface area contributed by atoms with Crippen LogP contribution in [-0.2, 0) is 9.53 Å². The molecule has 0 aromatic heterocycles. The molecule has 0 radical (unpaired) electrons. The van der Waals surface area contributed by atoms with Crippen LogP contribution in [0.25, 0.3) is 0 Å². The molecule has 0 aliphatic carbocycles. The van der Waals surface area contributed by atoms with Gasteiger partial charge in [-0.25, -0.2) is 0 Å². The molecule has 0 atom stereocenters. The molecule has 0 amide bonds. The van der Waals surface area contributed by atoms with E-state index in [-0.39, 0.29) is 12.4 Å². The van der Waals surface area contributed by atoms with Crippen molar-refractivity contribution < 1.29 is 9.53 Å². The van der Waals surface area contributed by atoms with E-state index < -0.39 is 0 Å². The van der Waals surface area contributed by atoms with Crippen LogP contribution in [0.2, 0.25) is 0 Å². The molecule has 1 aliphatic rings. The van der Waals surface area contributed by atoms with Crippen LogP contribution >= 0.6 is 15.9 Å². The lowest BCUT2D eigenvalue weighted by Crippen LogP contribution is -2.20. The molecule has 1 rings (SSSR count). The van der Waals surface area contributed by atoms with Crippen molar-refractivity contribution >= 4 is 21.7 Å². The predicted molar refractivity (Wildman–Crippen MR) is 51.1 cm³/mol. The van der Waals surface area contributed by atoms with Crippen LogP contribution in [0.15, 0.2) is 34.9 Å². The Hall–Kier alpha value is -0.670. The highest BCUT2D eigenvalue weighted by atomic mass is 79.9. The maximum absolute atomic E-state index is 11.2. The van der Waals surface area contributed by atoms with Gasteiger partial charge in [0.25, 0.3) is 0 Å². The second-order valence-corrected chi connectivity index (χ2v) is 3.37. The smallest absolute Gasteiger partial charge is 0.188 e. The summed E-state index contributed by atoms with van der Waals surface area (Å²) in [4.78, 5) is 11.2. The molecule has 0 N–H and O–H groups in total. The van der Waals surface area contributed by atoms with Gasteiger partial charge in [0.15, 0.2) is 5.78 Å². The van der Waals surface area contributed by atoms with E-state index in [1.807, 2.05) is 0 Å². The van der Waals surface area contributed by atoms with Crippen LogP contribution in [-0.4, -0.2) is 19.0 Å². The Balaban J connectivity index is 3.10. The fraction of sp³-hybridized carbons (Fsp3) is 0.222. The van der Waals surface area contributed by atoms with Crippen LogP contribution in [0.5, 0.6) is 0 Å². The van der Waals surface area contributed by atoms with Gasteiger partial charge in [0.05, 0.1) is 6.61 Å². The fourth-order valence-electron chi connectivity index (χ4n) is 1.03. The molecule has 0 fully saturated rings. The van der Waals surface area contributed by atoms with Crippen molar-refractivity contribution in [3.63, 3.8) is 0 Å². The van der Waals surface area contributed by atoms with E-state index in [4.69, 9.17) is 4.74 Å². The molecule has 0 unspecified atom stereocenters. The zero-order valence-electron chi connectivity index (χ0n) is 6.60. The molecule has 0 saturated heterocycles. The molecular formula is C9H9BrO2. The van der Waals surface area contributed by atoms with E-state index >= 15 is 0 Å². The van der Waals surface area contributed by atoms with Crippen LogP contribution < -0.4 is 0 Å². The minimum Gasteiger partial charge on any atom is -0.369 e. The molecular weight excluding hydrogens is 220 g/mol. The topological polar surface area (TPSA) is 26.3 Å². The van der Waals surface area contributed by atoms with E-state index in [1.54, 1.807) is 6.08 Å². The third-order valence-electron chi connectivity index (χ3n) is 1.64. The van der Waals surface area contributed by atoms with E-state index in [9.17, 15) is 4.79 Å². The lowest BCUT2D eigenvalue weighted by atomic mass is 10.0. The Morgan fingerprint density at radius 1 is 1.58 bits per heavy atom. The maximum atomic E-state index is 11.2. The summed E-state index contributed by atoms with van der Waals surface area (Å²) in [5.41, 5.74) is 1.41. The molecule has 0 aromatic carbocycles. The Morgan fingerprint density at radius 2 is 2.25 bits per heavy atom. The number of hydrogen-bond donors (Lipinski definition) is 0. The third-order valence-corrected chi connectivity index (χ3v) is 2.12. The van der Waals surface area contributed by atoms with Gasteiger partial charge >= 0.3 is 0 Å². The van der Waals surface area contributed by atoms with Crippen LogP contribution in [0.4, 0.5) is 0 Å². The van der Waals surface area contributed by atoms with E-state index in [1.165, 1.54) is 0 Å². The number of ether oxygens (including phenoxy) is 1. The molecule has 3 heteroatoms. The number of Topliss-reactive ketones (excluding diaryl/α,β-unsaturated/α-hetero) is 1. The standard InChI is InChI=1S/C9H9BrO2/c1-3-7-8(6(2)10)4-12-5-9(7)11/h3H,1-2,4-5H2. The summed E-state index contributed by atoms with van der Waals surface area (Å²) in [6, 6.07) is 0. The number of carbonyl (C=O) groups is 1. The Kier molecular flexibility index (Phi) is 3.00. The average Bonchev–Trinajstić information content (AvgIpc) is 2.03. The SMILES string of the molecule is C=CC1=C(C(=C)Br)COCC1=O. The predicted octanol–water partition coefficient (Wildman–Crippen LogP) is 1.98. The molecule has 1 aliphatic heterocycles. The number of allylic oxidation sites excluding steroid dienone is 1. The molecule has 12 heavy (non-hydrogen) atoms. The van der Waals surface area contributed by atoms with Crippen molar-refractivity contribution in [2.45, 2.75) is 0 Å². The van der Waals surface area contributed by atoms with Crippen molar-refractivity contribution in [2.75, 3.05) is 13.2 Å². The van der Waals surface area contributed by atoms with E-state index in [0.29, 0.717) is 16.7 Å². The van der Waals surface area contributed by atoms with Gasteiger partial charge < -0.3 is 4.74 Å². The van der Waals surface area contributed by atoms with E-state index in [0.717, 1.165) is 5.57 Å². The number of halogens is 1. The fourth-order valence-corrected chi connectivity index (χ4v) is 1.36. The summed E-state index contributed by atoms with van der Waals surface area (Å²) in [5, 5.41) is 0. The quantitative estimate of drug-likeness (QED) is 0.723. The zero-order chi connectivity index (χ0) is 9.14. The van der Waals surface area contributed by atoms with Gasteiger partial charge in [-0.05, 0) is 0 Å².